The van der Waals surface area contributed by atoms with Crippen molar-refractivity contribution in [3.05, 3.63) is 23.8 Å². The fourth-order valence-corrected chi connectivity index (χ4v) is 0.723. The average Bonchev–Trinajstić information content (AvgIpc) is 1.91. The van der Waals surface area contributed by atoms with Gasteiger partial charge < -0.3 is 0 Å². The lowest BCUT2D eigenvalue weighted by Gasteiger charge is -1.98. The van der Waals surface area contributed by atoms with Gasteiger partial charge in [-0.25, -0.2) is 0 Å². The van der Waals surface area contributed by atoms with Crippen LogP contribution in [0.5, 0.6) is 0 Å². The molecule has 0 amide bonds. The summed E-state index contributed by atoms with van der Waals surface area (Å²) in [4.78, 5) is 0. The summed E-state index contributed by atoms with van der Waals surface area (Å²) in [5.74, 6) is 0. The normalized spacial score (nSPS) is 15.3. The molecule has 0 saturated heterocycles. The minimum absolute atomic E-state index is 1.24. The van der Waals surface area contributed by atoms with Crippen LogP contribution in [-0.2, 0) is 0 Å². The molecule has 0 unspecified atom stereocenters. The van der Waals surface area contributed by atoms with Crippen molar-refractivity contribution in [1.29, 1.82) is 0 Å². The third-order valence-corrected chi connectivity index (χ3v) is 1.22. The van der Waals surface area contributed by atoms with Crippen LogP contribution in [0.4, 0.5) is 0 Å². The van der Waals surface area contributed by atoms with Crippen LogP contribution in [0.25, 0.3) is 0 Å². The van der Waals surface area contributed by atoms with E-state index in [-0.39, 0.29) is 0 Å². The molecule has 0 saturated carbocycles. The summed E-state index contributed by atoms with van der Waals surface area (Å²) < 4.78 is 0. The van der Waals surface area contributed by atoms with Gasteiger partial charge in [0.15, 0.2) is 0 Å². The highest BCUT2D eigenvalue weighted by Gasteiger charge is 1.88. The highest BCUT2D eigenvalue weighted by Crippen LogP contribution is 2.08. The molecule has 1 aliphatic rings. The molecule has 58 valence electrons. The van der Waals surface area contributed by atoms with Crippen molar-refractivity contribution in [2.24, 2.45) is 0 Å². The van der Waals surface area contributed by atoms with Crippen molar-refractivity contribution in [3.8, 4) is 0 Å². The molecule has 0 spiro atoms. The Morgan fingerprint density at radius 1 is 1.40 bits per heavy atom. The van der Waals surface area contributed by atoms with E-state index in [0.29, 0.717) is 0 Å². The van der Waals surface area contributed by atoms with Gasteiger partial charge in [-0.15, -0.1) is 0 Å². The summed E-state index contributed by atoms with van der Waals surface area (Å²) >= 11 is 0. The lowest BCUT2D eigenvalue weighted by atomic mass is 10.1. The molecule has 0 atom stereocenters. The summed E-state index contributed by atoms with van der Waals surface area (Å²) in [6, 6.07) is 0. The maximum absolute atomic E-state index is 2.20. The van der Waals surface area contributed by atoms with Crippen molar-refractivity contribution in [2.75, 3.05) is 0 Å². The standard InChI is InChI=1S/C7H10.C3H8/c1-7-5-3-2-4-6-7;1-3-2/h2-3,5H,4,6H2,1H3;3H2,1-2H3. The lowest BCUT2D eigenvalue weighted by Crippen LogP contribution is -1.78. The largest absolute Gasteiger partial charge is 0.0842 e. The van der Waals surface area contributed by atoms with E-state index in [0.717, 1.165) is 0 Å². The lowest BCUT2D eigenvalue weighted by molar-refractivity contribution is 0.962. The Labute approximate surface area is 64.6 Å². The van der Waals surface area contributed by atoms with E-state index in [2.05, 4.69) is 39.0 Å². The number of rotatable bonds is 0. The minimum atomic E-state index is 1.24. The molecule has 0 aromatic rings. The zero-order valence-electron chi connectivity index (χ0n) is 7.35. The van der Waals surface area contributed by atoms with Gasteiger partial charge in [0.05, 0.1) is 0 Å². The molecule has 0 radical (unpaired) electrons. The van der Waals surface area contributed by atoms with Crippen molar-refractivity contribution in [1.82, 2.24) is 0 Å². The van der Waals surface area contributed by atoms with Gasteiger partial charge in [-0.3, -0.25) is 0 Å². The molecule has 0 N–H and O–H groups in total. The van der Waals surface area contributed by atoms with E-state index in [9.17, 15) is 0 Å². The molecule has 0 nitrogen and oxygen atoms in total. The van der Waals surface area contributed by atoms with E-state index in [1.165, 1.54) is 24.8 Å². The quantitative estimate of drug-likeness (QED) is 0.479. The fourth-order valence-electron chi connectivity index (χ4n) is 0.723. The molecule has 0 aliphatic heterocycles. The second-order valence-corrected chi connectivity index (χ2v) is 2.69. The van der Waals surface area contributed by atoms with Crippen molar-refractivity contribution in [2.45, 2.75) is 40.0 Å². The maximum atomic E-state index is 2.20. The third kappa shape index (κ3) is 5.61. The topological polar surface area (TPSA) is 0 Å². The third-order valence-electron chi connectivity index (χ3n) is 1.22. The zero-order chi connectivity index (χ0) is 7.82. The average molecular weight is 138 g/mol. The first-order valence-electron chi connectivity index (χ1n) is 4.13. The van der Waals surface area contributed by atoms with Gasteiger partial charge in [0.1, 0.15) is 0 Å². The number of hydrogen-bond acceptors (Lipinski definition) is 0. The van der Waals surface area contributed by atoms with Gasteiger partial charge in [-0.05, 0) is 19.8 Å². The molecule has 1 rings (SSSR count). The van der Waals surface area contributed by atoms with Crippen LogP contribution in [0.2, 0.25) is 0 Å². The summed E-state index contributed by atoms with van der Waals surface area (Å²) in [6.07, 6.45) is 10.2. The highest BCUT2D eigenvalue weighted by molar-refractivity contribution is 5.15. The van der Waals surface area contributed by atoms with E-state index in [1.54, 1.807) is 0 Å². The molecule has 10 heavy (non-hydrogen) atoms. The van der Waals surface area contributed by atoms with Crippen molar-refractivity contribution >= 4 is 0 Å². The van der Waals surface area contributed by atoms with Crippen LogP contribution in [0, 0.1) is 0 Å². The Morgan fingerprint density at radius 2 is 2.00 bits per heavy atom. The first-order valence-corrected chi connectivity index (χ1v) is 4.13. The smallest absolute Gasteiger partial charge is 0.0285 e. The van der Waals surface area contributed by atoms with Gasteiger partial charge in [0.2, 0.25) is 0 Å². The van der Waals surface area contributed by atoms with Crippen LogP contribution < -0.4 is 0 Å². The summed E-state index contributed by atoms with van der Waals surface area (Å²) in [5, 5.41) is 0. The van der Waals surface area contributed by atoms with Crippen LogP contribution in [0.1, 0.15) is 40.0 Å². The first kappa shape index (κ1) is 9.48. The predicted octanol–water partition coefficient (Wildman–Crippen LogP) is 3.70. The molecular weight excluding hydrogens is 120 g/mol. The number of allylic oxidation sites excluding steroid dienone is 4. The van der Waals surface area contributed by atoms with Gasteiger partial charge in [0, 0.05) is 0 Å². The van der Waals surface area contributed by atoms with Gasteiger partial charge in [-0.1, -0.05) is 44.1 Å². The molecule has 0 bridgehead atoms. The molecule has 0 fully saturated rings. The Hall–Kier alpha value is -0.520. The first-order chi connectivity index (χ1) is 4.81. The number of hydrogen-bond donors (Lipinski definition) is 0. The second-order valence-electron chi connectivity index (χ2n) is 2.69. The summed E-state index contributed by atoms with van der Waals surface area (Å²) in [7, 11) is 0. The summed E-state index contributed by atoms with van der Waals surface area (Å²) in [6.45, 7) is 6.42. The predicted molar refractivity (Wildman–Crippen MR) is 48.1 cm³/mol. The molecule has 0 heterocycles. The van der Waals surface area contributed by atoms with Gasteiger partial charge in [-0.2, -0.15) is 0 Å². The Morgan fingerprint density at radius 3 is 2.20 bits per heavy atom. The molecular formula is C10H18. The summed E-state index contributed by atoms with van der Waals surface area (Å²) in [5.41, 5.74) is 1.50. The highest BCUT2D eigenvalue weighted by atomic mass is 13.9. The van der Waals surface area contributed by atoms with Crippen LogP contribution in [0.15, 0.2) is 23.8 Å². The molecule has 0 aromatic heterocycles. The Kier molecular flexibility index (Phi) is 6.25. The van der Waals surface area contributed by atoms with E-state index < -0.39 is 0 Å². The fraction of sp³-hybridized carbons (Fsp3) is 0.600. The monoisotopic (exact) mass is 138 g/mol. The molecule has 1 aliphatic carbocycles. The van der Waals surface area contributed by atoms with Crippen LogP contribution >= 0.6 is 0 Å². The maximum Gasteiger partial charge on any atom is -0.0285 e. The van der Waals surface area contributed by atoms with E-state index in [4.69, 9.17) is 0 Å². The molecule has 0 heteroatoms. The second kappa shape index (κ2) is 6.60. The SMILES string of the molecule is CC1=CC=CCC1.CCC. The van der Waals surface area contributed by atoms with Crippen LogP contribution in [0.3, 0.4) is 0 Å². The van der Waals surface area contributed by atoms with E-state index in [1.807, 2.05) is 0 Å². The van der Waals surface area contributed by atoms with Crippen molar-refractivity contribution in [3.63, 3.8) is 0 Å². The minimum Gasteiger partial charge on any atom is -0.0842 e. The van der Waals surface area contributed by atoms with Gasteiger partial charge >= 0.3 is 0 Å². The van der Waals surface area contributed by atoms with E-state index >= 15 is 0 Å². The Balaban J connectivity index is 0.000000236. The zero-order valence-corrected chi connectivity index (χ0v) is 7.35. The molecule has 0 aromatic carbocycles. The van der Waals surface area contributed by atoms with Gasteiger partial charge in [0.25, 0.3) is 0 Å². The Bertz CT molecular complexity index is 118. The van der Waals surface area contributed by atoms with Crippen molar-refractivity contribution < 1.29 is 0 Å². The van der Waals surface area contributed by atoms with Crippen LogP contribution in [-0.4, -0.2) is 0 Å².